The van der Waals surface area contributed by atoms with Gasteiger partial charge in [0.15, 0.2) is 5.60 Å². The van der Waals surface area contributed by atoms with E-state index >= 15 is 0 Å². The maximum Gasteiger partial charge on any atom is 0.291 e. The zero-order valence-corrected chi connectivity index (χ0v) is 14.9. The largest absolute Gasteiger partial charge is 0.496 e. The van der Waals surface area contributed by atoms with Crippen molar-refractivity contribution in [1.82, 2.24) is 4.90 Å². The van der Waals surface area contributed by atoms with E-state index in [-0.39, 0.29) is 6.17 Å². The standard InChI is InChI=1S/C17H26BN2O4/c1-12-11-17(21,14-5-4-13(18)10-15(14)22-2)16(20(12)23-3)19-6-8-24-9-7-19/h4-5,10,16,21H,6-9,11,18H2,1-3H3/q+1. The zero-order valence-electron chi connectivity index (χ0n) is 14.9. The van der Waals surface area contributed by atoms with E-state index in [4.69, 9.17) is 14.3 Å². The highest BCUT2D eigenvalue weighted by atomic mass is 16.7. The lowest BCUT2D eigenvalue weighted by Gasteiger charge is -2.36. The monoisotopic (exact) mass is 333 g/mol. The lowest BCUT2D eigenvalue weighted by atomic mass is 9.84. The van der Waals surface area contributed by atoms with Gasteiger partial charge in [-0.15, -0.1) is 0 Å². The van der Waals surface area contributed by atoms with Gasteiger partial charge in [-0.3, -0.25) is 4.84 Å². The highest BCUT2D eigenvalue weighted by Crippen LogP contribution is 2.41. The molecule has 0 aromatic heterocycles. The molecule has 0 aliphatic carbocycles. The Bertz CT molecular complexity index is 645. The molecule has 0 amide bonds. The molecule has 1 N–H and O–H groups in total. The Hall–Kier alpha value is -1.57. The van der Waals surface area contributed by atoms with Crippen LogP contribution in [0.1, 0.15) is 18.9 Å². The minimum Gasteiger partial charge on any atom is -0.496 e. The molecule has 1 aromatic carbocycles. The molecule has 0 bridgehead atoms. The molecule has 2 heterocycles. The predicted octanol–water partition coefficient (Wildman–Crippen LogP) is -0.762. The van der Waals surface area contributed by atoms with Gasteiger partial charge in [0.2, 0.25) is 5.71 Å². The Morgan fingerprint density at radius 3 is 2.67 bits per heavy atom. The van der Waals surface area contributed by atoms with Crippen molar-refractivity contribution in [3.63, 3.8) is 0 Å². The SMILES string of the molecule is Bc1ccc(C2(O)CC(C)=[N+](OC)C2N2CCOCC2)c(OC)c1. The molecule has 0 radical (unpaired) electrons. The fourth-order valence-electron chi connectivity index (χ4n) is 3.88. The number of morpholine rings is 1. The average Bonchev–Trinajstić information content (AvgIpc) is 2.86. The Morgan fingerprint density at radius 1 is 1.33 bits per heavy atom. The van der Waals surface area contributed by atoms with Gasteiger partial charge in [-0.2, -0.15) is 0 Å². The zero-order chi connectivity index (χ0) is 17.3. The number of nitrogens with zero attached hydrogens (tertiary/aromatic N) is 2. The maximum atomic E-state index is 11.7. The Labute approximate surface area is 144 Å². The second kappa shape index (κ2) is 6.74. The van der Waals surface area contributed by atoms with Crippen LogP contribution in [0.2, 0.25) is 0 Å². The molecule has 2 atom stereocenters. The average molecular weight is 333 g/mol. The Morgan fingerprint density at radius 2 is 2.04 bits per heavy atom. The number of ether oxygens (including phenoxy) is 2. The van der Waals surface area contributed by atoms with Gasteiger partial charge in [0.25, 0.3) is 6.17 Å². The summed E-state index contributed by atoms with van der Waals surface area (Å²) in [5.41, 5.74) is 1.80. The first kappa shape index (κ1) is 17.3. The molecule has 0 spiro atoms. The second-order valence-electron chi connectivity index (χ2n) is 6.57. The number of methoxy groups -OCH3 is 1. The van der Waals surface area contributed by atoms with Crippen LogP contribution < -0.4 is 10.2 Å². The van der Waals surface area contributed by atoms with Gasteiger partial charge < -0.3 is 14.6 Å². The minimum absolute atomic E-state index is 0.303. The summed E-state index contributed by atoms with van der Waals surface area (Å²) in [7, 11) is 5.31. The summed E-state index contributed by atoms with van der Waals surface area (Å²) >= 11 is 0. The smallest absolute Gasteiger partial charge is 0.291 e. The van der Waals surface area contributed by atoms with E-state index in [1.165, 1.54) is 0 Å². The highest BCUT2D eigenvalue weighted by molar-refractivity contribution is 6.32. The molecule has 130 valence electrons. The van der Waals surface area contributed by atoms with Crippen LogP contribution in [0.4, 0.5) is 0 Å². The van der Waals surface area contributed by atoms with Gasteiger partial charge >= 0.3 is 0 Å². The van der Waals surface area contributed by atoms with Crippen molar-refractivity contribution in [2.24, 2.45) is 0 Å². The minimum atomic E-state index is -1.10. The van der Waals surface area contributed by atoms with Crippen molar-refractivity contribution < 1.29 is 24.2 Å². The molecule has 2 unspecified atom stereocenters. The number of benzene rings is 1. The van der Waals surface area contributed by atoms with Crippen molar-refractivity contribution in [2.45, 2.75) is 25.1 Å². The van der Waals surface area contributed by atoms with Gasteiger partial charge in [-0.05, 0) is 10.8 Å². The summed E-state index contributed by atoms with van der Waals surface area (Å²) in [6, 6.07) is 5.94. The normalized spacial score (nSPS) is 28.2. The summed E-state index contributed by atoms with van der Waals surface area (Å²) < 4.78 is 12.9. The predicted molar refractivity (Wildman–Crippen MR) is 93.8 cm³/mol. The topological polar surface area (TPSA) is 54.2 Å². The molecule has 1 aromatic rings. The molecule has 3 rings (SSSR count). The van der Waals surface area contributed by atoms with E-state index in [1.54, 1.807) is 14.2 Å². The molecule has 2 aliphatic rings. The van der Waals surface area contributed by atoms with Crippen LogP contribution >= 0.6 is 0 Å². The van der Waals surface area contributed by atoms with Crippen molar-refractivity contribution in [3.8, 4) is 5.75 Å². The van der Waals surface area contributed by atoms with Crippen LogP contribution in [-0.2, 0) is 15.2 Å². The van der Waals surface area contributed by atoms with Crippen LogP contribution in [0.5, 0.6) is 5.75 Å². The molecular weight excluding hydrogens is 307 g/mol. The number of hydroxylamine groups is 1. The molecule has 7 heteroatoms. The van der Waals surface area contributed by atoms with Gasteiger partial charge in [-0.25, -0.2) is 4.90 Å². The van der Waals surface area contributed by atoms with Crippen molar-refractivity contribution >= 4 is 19.0 Å². The quantitative estimate of drug-likeness (QED) is 0.580. The first-order valence-electron chi connectivity index (χ1n) is 8.36. The fraction of sp³-hybridized carbons (Fsp3) is 0.588. The Kier molecular flexibility index (Phi) is 4.85. The molecule has 1 saturated heterocycles. The molecule has 24 heavy (non-hydrogen) atoms. The summed E-state index contributed by atoms with van der Waals surface area (Å²) in [4.78, 5) is 7.84. The van der Waals surface area contributed by atoms with Gasteiger partial charge in [-0.1, -0.05) is 17.6 Å². The van der Waals surface area contributed by atoms with E-state index in [0.29, 0.717) is 25.4 Å². The lowest BCUT2D eigenvalue weighted by Crippen LogP contribution is -2.56. The number of rotatable bonds is 4. The van der Waals surface area contributed by atoms with Crippen molar-refractivity contribution in [3.05, 3.63) is 23.8 Å². The first-order valence-corrected chi connectivity index (χ1v) is 8.36. The summed E-state index contributed by atoms with van der Waals surface area (Å²) in [6.07, 6.45) is 0.199. The summed E-state index contributed by atoms with van der Waals surface area (Å²) in [5.74, 6) is 0.710. The van der Waals surface area contributed by atoms with Crippen LogP contribution in [0.3, 0.4) is 0 Å². The van der Waals surface area contributed by atoms with Crippen LogP contribution in [0.25, 0.3) is 0 Å². The first-order chi connectivity index (χ1) is 11.5. The molecular formula is C17H26BN2O4+. The van der Waals surface area contributed by atoms with Gasteiger partial charge in [0.05, 0.1) is 26.7 Å². The lowest BCUT2D eigenvalue weighted by molar-refractivity contribution is -0.820. The van der Waals surface area contributed by atoms with Crippen molar-refractivity contribution in [1.29, 1.82) is 0 Å². The molecule has 1 fully saturated rings. The third kappa shape index (κ3) is 2.81. The van der Waals surface area contributed by atoms with Crippen LogP contribution in [0.15, 0.2) is 18.2 Å². The third-order valence-corrected chi connectivity index (χ3v) is 4.96. The van der Waals surface area contributed by atoms with Crippen LogP contribution in [-0.4, -0.2) is 75.0 Å². The summed E-state index contributed by atoms with van der Waals surface area (Å²) in [5, 5.41) is 11.7. The van der Waals surface area contributed by atoms with E-state index in [1.807, 2.05) is 37.7 Å². The number of hydrogen-bond acceptors (Lipinski definition) is 5. The van der Waals surface area contributed by atoms with Crippen molar-refractivity contribution in [2.75, 3.05) is 40.5 Å². The number of aliphatic hydroxyl groups is 1. The second-order valence-corrected chi connectivity index (χ2v) is 6.57. The summed E-state index contributed by atoms with van der Waals surface area (Å²) in [6.45, 7) is 4.83. The third-order valence-electron chi connectivity index (χ3n) is 4.96. The Balaban J connectivity index is 2.07. The van der Waals surface area contributed by atoms with Gasteiger partial charge in [0, 0.05) is 25.6 Å². The van der Waals surface area contributed by atoms with E-state index in [2.05, 4.69) is 4.90 Å². The highest BCUT2D eigenvalue weighted by Gasteiger charge is 2.59. The fourth-order valence-corrected chi connectivity index (χ4v) is 3.88. The van der Waals surface area contributed by atoms with Crippen LogP contribution in [0, 0.1) is 0 Å². The van der Waals surface area contributed by atoms with E-state index < -0.39 is 5.60 Å². The molecule has 2 aliphatic heterocycles. The van der Waals surface area contributed by atoms with E-state index in [9.17, 15) is 5.11 Å². The molecule has 0 saturated carbocycles. The van der Waals surface area contributed by atoms with Gasteiger partial charge in [0.1, 0.15) is 20.7 Å². The molecule has 6 nitrogen and oxygen atoms in total. The maximum absolute atomic E-state index is 11.7. The van der Waals surface area contributed by atoms with E-state index in [0.717, 1.165) is 29.8 Å². The number of hydrogen-bond donors (Lipinski definition) is 1.